The molecule has 2 heteroatoms. The first kappa shape index (κ1) is 12.8. The van der Waals surface area contributed by atoms with E-state index in [0.717, 1.165) is 10.5 Å². The van der Waals surface area contributed by atoms with E-state index in [-0.39, 0.29) is 0 Å². The van der Waals surface area contributed by atoms with Gasteiger partial charge in [-0.2, -0.15) is 0 Å². The third kappa shape index (κ3) is 4.96. The normalized spacial score (nSPS) is 27.9. The molecule has 0 aromatic rings. The lowest BCUT2D eigenvalue weighted by Gasteiger charge is -2.27. The monoisotopic (exact) mass is 310 g/mol. The minimum atomic E-state index is 0.561. The fourth-order valence-corrected chi connectivity index (χ4v) is 3.01. The molecule has 1 nitrogen and oxygen atoms in total. The van der Waals surface area contributed by atoms with Gasteiger partial charge in [0, 0.05) is 10.5 Å². The zero-order chi connectivity index (χ0) is 10.2. The molecule has 0 aromatic carbocycles. The van der Waals surface area contributed by atoms with Gasteiger partial charge in [0.1, 0.15) is 0 Å². The molecule has 0 spiro atoms. The van der Waals surface area contributed by atoms with Crippen molar-refractivity contribution in [2.24, 2.45) is 0 Å². The van der Waals surface area contributed by atoms with Gasteiger partial charge in [-0.3, -0.25) is 0 Å². The first-order valence-electron chi connectivity index (χ1n) is 6.10. The summed E-state index contributed by atoms with van der Waals surface area (Å²) in [6.07, 6.45) is 11.3. The molecule has 1 saturated carbocycles. The average molecular weight is 310 g/mol. The van der Waals surface area contributed by atoms with Crippen LogP contribution >= 0.6 is 22.6 Å². The van der Waals surface area contributed by atoms with Crippen LogP contribution in [0.15, 0.2) is 0 Å². The van der Waals surface area contributed by atoms with E-state index in [1.165, 1.54) is 51.4 Å². The molecule has 0 unspecified atom stereocenters. The van der Waals surface area contributed by atoms with Crippen molar-refractivity contribution in [3.63, 3.8) is 0 Å². The van der Waals surface area contributed by atoms with Gasteiger partial charge in [0.2, 0.25) is 0 Å². The molecule has 0 aromatic heterocycles. The van der Waals surface area contributed by atoms with Crippen LogP contribution in [-0.4, -0.2) is 16.6 Å². The number of alkyl halides is 1. The van der Waals surface area contributed by atoms with Crippen molar-refractivity contribution in [2.45, 2.75) is 68.3 Å². The molecule has 2 atom stereocenters. The number of hydrogen-bond acceptors (Lipinski definition) is 1. The van der Waals surface area contributed by atoms with E-state index in [9.17, 15) is 0 Å². The first-order valence-corrected chi connectivity index (χ1v) is 7.35. The van der Waals surface area contributed by atoms with Crippen LogP contribution in [0.25, 0.3) is 0 Å². The zero-order valence-corrected chi connectivity index (χ0v) is 11.5. The first-order chi connectivity index (χ1) is 6.84. The van der Waals surface area contributed by atoms with E-state index in [2.05, 4.69) is 29.5 Å². The molecule has 1 fully saturated rings. The van der Waals surface area contributed by atoms with Gasteiger partial charge in [-0.15, -0.1) is 0 Å². The van der Waals surface area contributed by atoms with Crippen molar-refractivity contribution in [2.75, 3.05) is 6.61 Å². The van der Waals surface area contributed by atoms with Crippen LogP contribution in [0.4, 0.5) is 0 Å². The Morgan fingerprint density at radius 1 is 1.14 bits per heavy atom. The summed E-state index contributed by atoms with van der Waals surface area (Å²) < 4.78 is 6.71. The predicted octanol–water partition coefficient (Wildman–Crippen LogP) is 4.33. The minimum absolute atomic E-state index is 0.561. The number of ether oxygens (including phenoxy) is 1. The Labute approximate surface area is 102 Å². The van der Waals surface area contributed by atoms with E-state index in [1.54, 1.807) is 0 Å². The Hall–Kier alpha value is 0.690. The summed E-state index contributed by atoms with van der Waals surface area (Å²) in [5.41, 5.74) is 0. The second-order valence-corrected chi connectivity index (χ2v) is 5.87. The summed E-state index contributed by atoms with van der Waals surface area (Å²) in [7, 11) is 0. The van der Waals surface area contributed by atoms with Crippen LogP contribution in [-0.2, 0) is 4.74 Å². The molecule has 0 amide bonds. The zero-order valence-electron chi connectivity index (χ0n) is 9.30. The maximum Gasteiger partial charge on any atom is 0.0692 e. The SMILES string of the molecule is CCCCCCO[C@@H]1CCCC[C@H]1I. The molecular weight excluding hydrogens is 287 g/mol. The summed E-state index contributed by atoms with van der Waals surface area (Å²) in [4.78, 5) is 0. The lowest BCUT2D eigenvalue weighted by molar-refractivity contribution is 0.0341. The molecule has 0 saturated heterocycles. The summed E-state index contributed by atoms with van der Waals surface area (Å²) in [6.45, 7) is 3.24. The highest BCUT2D eigenvalue weighted by Gasteiger charge is 2.22. The average Bonchev–Trinajstić information content (AvgIpc) is 2.20. The second-order valence-electron chi connectivity index (χ2n) is 4.27. The maximum absolute atomic E-state index is 5.93. The van der Waals surface area contributed by atoms with Crippen molar-refractivity contribution in [3.05, 3.63) is 0 Å². The second kappa shape index (κ2) is 7.91. The third-order valence-electron chi connectivity index (χ3n) is 2.95. The molecule has 0 N–H and O–H groups in total. The van der Waals surface area contributed by atoms with Crippen LogP contribution in [0.3, 0.4) is 0 Å². The van der Waals surface area contributed by atoms with Gasteiger partial charge < -0.3 is 4.74 Å². The minimum Gasteiger partial charge on any atom is -0.377 e. The summed E-state index contributed by atoms with van der Waals surface area (Å²) in [6, 6.07) is 0. The van der Waals surface area contributed by atoms with Gasteiger partial charge >= 0.3 is 0 Å². The van der Waals surface area contributed by atoms with Crippen LogP contribution in [0.1, 0.15) is 58.3 Å². The standard InChI is InChI=1S/C12H23IO/c1-2-3-4-7-10-14-12-9-6-5-8-11(12)13/h11-12H,2-10H2,1H3/t11-,12-/m1/s1. The topological polar surface area (TPSA) is 9.23 Å². The Bertz CT molecular complexity index is 138. The highest BCUT2D eigenvalue weighted by Crippen LogP contribution is 2.27. The number of rotatable bonds is 6. The molecule has 0 aliphatic heterocycles. The van der Waals surface area contributed by atoms with E-state index >= 15 is 0 Å². The number of unbranched alkanes of at least 4 members (excludes halogenated alkanes) is 3. The highest BCUT2D eigenvalue weighted by molar-refractivity contribution is 14.1. The van der Waals surface area contributed by atoms with Crippen molar-refractivity contribution < 1.29 is 4.74 Å². The molecule has 0 radical (unpaired) electrons. The quantitative estimate of drug-likeness (QED) is 0.403. The smallest absolute Gasteiger partial charge is 0.0692 e. The fourth-order valence-electron chi connectivity index (χ4n) is 2.00. The lowest BCUT2D eigenvalue weighted by atomic mass is 9.98. The van der Waals surface area contributed by atoms with Crippen molar-refractivity contribution in [1.82, 2.24) is 0 Å². The van der Waals surface area contributed by atoms with Crippen LogP contribution in [0, 0.1) is 0 Å². The fraction of sp³-hybridized carbons (Fsp3) is 1.00. The Kier molecular flexibility index (Phi) is 7.21. The van der Waals surface area contributed by atoms with Gasteiger partial charge in [0.05, 0.1) is 6.10 Å². The lowest BCUT2D eigenvalue weighted by Crippen LogP contribution is -2.28. The van der Waals surface area contributed by atoms with Gasteiger partial charge in [0.25, 0.3) is 0 Å². The highest BCUT2D eigenvalue weighted by atomic mass is 127. The summed E-state index contributed by atoms with van der Waals surface area (Å²) >= 11 is 2.56. The summed E-state index contributed by atoms with van der Waals surface area (Å²) in [5, 5.41) is 0. The molecule has 0 bridgehead atoms. The molecular formula is C12H23IO. The Balaban J connectivity index is 1.99. The van der Waals surface area contributed by atoms with Gasteiger partial charge in [-0.25, -0.2) is 0 Å². The number of halogens is 1. The van der Waals surface area contributed by atoms with Gasteiger partial charge in [-0.1, -0.05) is 61.6 Å². The van der Waals surface area contributed by atoms with E-state index in [4.69, 9.17) is 4.74 Å². The molecule has 1 aliphatic rings. The van der Waals surface area contributed by atoms with E-state index in [0.29, 0.717) is 6.10 Å². The van der Waals surface area contributed by atoms with Crippen LogP contribution < -0.4 is 0 Å². The predicted molar refractivity (Wildman–Crippen MR) is 70.2 cm³/mol. The van der Waals surface area contributed by atoms with Crippen LogP contribution in [0.5, 0.6) is 0 Å². The van der Waals surface area contributed by atoms with Gasteiger partial charge in [-0.05, 0) is 19.3 Å². The Morgan fingerprint density at radius 3 is 2.64 bits per heavy atom. The maximum atomic E-state index is 5.93. The van der Waals surface area contributed by atoms with Crippen molar-refractivity contribution in [1.29, 1.82) is 0 Å². The van der Waals surface area contributed by atoms with E-state index in [1.807, 2.05) is 0 Å². The molecule has 1 aliphatic carbocycles. The number of hydrogen-bond donors (Lipinski definition) is 0. The summed E-state index contributed by atoms with van der Waals surface area (Å²) in [5.74, 6) is 0. The molecule has 1 rings (SSSR count). The molecule has 14 heavy (non-hydrogen) atoms. The molecule has 0 heterocycles. The van der Waals surface area contributed by atoms with Gasteiger partial charge in [0.15, 0.2) is 0 Å². The molecule has 84 valence electrons. The Morgan fingerprint density at radius 2 is 1.93 bits per heavy atom. The van der Waals surface area contributed by atoms with E-state index < -0.39 is 0 Å². The van der Waals surface area contributed by atoms with Crippen molar-refractivity contribution >= 4 is 22.6 Å². The van der Waals surface area contributed by atoms with Crippen LogP contribution in [0.2, 0.25) is 0 Å². The third-order valence-corrected chi connectivity index (χ3v) is 4.38. The van der Waals surface area contributed by atoms with Crippen molar-refractivity contribution in [3.8, 4) is 0 Å². The largest absolute Gasteiger partial charge is 0.377 e.